The molecule has 0 aromatic heterocycles. The summed E-state index contributed by atoms with van der Waals surface area (Å²) in [6.07, 6.45) is 8.86. The summed E-state index contributed by atoms with van der Waals surface area (Å²) in [5, 5.41) is 0. The maximum Gasteiger partial charge on any atom is 0.410 e. The summed E-state index contributed by atoms with van der Waals surface area (Å²) in [5.41, 5.74) is -0.344. The molecule has 0 aromatic rings. The molecule has 1 aliphatic rings. The lowest BCUT2D eigenvalue weighted by atomic mass is 9.92. The van der Waals surface area contributed by atoms with Crippen molar-refractivity contribution < 1.29 is 9.53 Å². The zero-order valence-electron chi connectivity index (χ0n) is 10.4. The largest absolute Gasteiger partial charge is 0.447 e. The first-order chi connectivity index (χ1) is 8.20. The van der Waals surface area contributed by atoms with Gasteiger partial charge < -0.3 is 4.74 Å². The van der Waals surface area contributed by atoms with Gasteiger partial charge in [-0.1, -0.05) is 18.2 Å². The van der Waals surface area contributed by atoms with Crippen LogP contribution < -0.4 is 0 Å². The number of amides is 1. The standard InChI is InChI=1S/C14H21NO2/c1-4-7-9-10-14(6-3)12-17-13(16)15(14)11-8-5-2/h4-6H,1-3,7-12H2. The highest BCUT2D eigenvalue weighted by molar-refractivity contribution is 5.71. The number of unbranched alkanes of at least 4 members (excludes halogenated alkanes) is 1. The van der Waals surface area contributed by atoms with Gasteiger partial charge in [0, 0.05) is 6.54 Å². The van der Waals surface area contributed by atoms with Gasteiger partial charge in [0.25, 0.3) is 0 Å². The molecule has 3 heteroatoms. The van der Waals surface area contributed by atoms with Gasteiger partial charge in [-0.15, -0.1) is 19.7 Å². The van der Waals surface area contributed by atoms with Gasteiger partial charge in [-0.3, -0.25) is 4.90 Å². The average Bonchev–Trinajstić information content (AvgIpc) is 2.65. The zero-order valence-corrected chi connectivity index (χ0v) is 10.4. The smallest absolute Gasteiger partial charge is 0.410 e. The molecule has 1 heterocycles. The van der Waals surface area contributed by atoms with E-state index in [4.69, 9.17) is 4.74 Å². The van der Waals surface area contributed by atoms with Crippen molar-refractivity contribution in [1.82, 2.24) is 4.90 Å². The fourth-order valence-corrected chi connectivity index (χ4v) is 2.09. The molecule has 0 N–H and O–H groups in total. The summed E-state index contributed by atoms with van der Waals surface area (Å²) >= 11 is 0. The van der Waals surface area contributed by atoms with Crippen molar-refractivity contribution in [3.63, 3.8) is 0 Å². The lowest BCUT2D eigenvalue weighted by Crippen LogP contribution is -2.45. The fourth-order valence-electron chi connectivity index (χ4n) is 2.09. The molecule has 0 radical (unpaired) electrons. The van der Waals surface area contributed by atoms with E-state index < -0.39 is 0 Å². The van der Waals surface area contributed by atoms with Gasteiger partial charge in [0.15, 0.2) is 0 Å². The molecule has 1 amide bonds. The highest BCUT2D eigenvalue weighted by atomic mass is 16.6. The Labute approximate surface area is 103 Å². The molecular weight excluding hydrogens is 214 g/mol. The minimum atomic E-state index is -0.344. The van der Waals surface area contributed by atoms with Gasteiger partial charge >= 0.3 is 6.09 Å². The Morgan fingerprint density at radius 3 is 2.59 bits per heavy atom. The Kier molecular flexibility index (Phi) is 5.01. The van der Waals surface area contributed by atoms with E-state index in [2.05, 4.69) is 19.7 Å². The van der Waals surface area contributed by atoms with Crippen LogP contribution in [0.15, 0.2) is 38.0 Å². The van der Waals surface area contributed by atoms with Crippen molar-refractivity contribution in [2.24, 2.45) is 0 Å². The quantitative estimate of drug-likeness (QED) is 0.477. The third-order valence-corrected chi connectivity index (χ3v) is 3.16. The maximum absolute atomic E-state index is 11.7. The topological polar surface area (TPSA) is 29.5 Å². The van der Waals surface area contributed by atoms with Crippen LogP contribution >= 0.6 is 0 Å². The molecule has 17 heavy (non-hydrogen) atoms. The average molecular weight is 235 g/mol. The van der Waals surface area contributed by atoms with Crippen molar-refractivity contribution in [2.45, 2.75) is 31.2 Å². The van der Waals surface area contributed by atoms with Crippen LogP contribution in [0.2, 0.25) is 0 Å². The molecule has 0 aliphatic carbocycles. The van der Waals surface area contributed by atoms with E-state index in [-0.39, 0.29) is 11.6 Å². The number of carbonyl (C=O) groups is 1. The highest BCUT2D eigenvalue weighted by Gasteiger charge is 2.43. The molecule has 0 spiro atoms. The first kappa shape index (κ1) is 13.6. The number of rotatable bonds is 8. The zero-order chi connectivity index (χ0) is 12.7. The Morgan fingerprint density at radius 1 is 1.29 bits per heavy atom. The van der Waals surface area contributed by atoms with E-state index >= 15 is 0 Å². The highest BCUT2D eigenvalue weighted by Crippen LogP contribution is 2.31. The Bertz CT molecular complexity index is 311. The van der Waals surface area contributed by atoms with Gasteiger partial charge in [0.05, 0.1) is 5.54 Å². The van der Waals surface area contributed by atoms with Crippen LogP contribution in [0.4, 0.5) is 4.79 Å². The Hall–Kier alpha value is -1.51. The number of ether oxygens (including phenoxy) is 1. The molecule has 1 saturated heterocycles. The predicted octanol–water partition coefficient (Wildman–Crippen LogP) is 3.30. The summed E-state index contributed by atoms with van der Waals surface area (Å²) in [7, 11) is 0. The van der Waals surface area contributed by atoms with Crippen LogP contribution in [-0.2, 0) is 4.74 Å². The van der Waals surface area contributed by atoms with Gasteiger partial charge in [0.2, 0.25) is 0 Å². The van der Waals surface area contributed by atoms with E-state index in [9.17, 15) is 4.79 Å². The summed E-state index contributed by atoms with van der Waals surface area (Å²) in [6, 6.07) is 0. The molecule has 1 atom stereocenters. The van der Waals surface area contributed by atoms with Gasteiger partial charge in [0.1, 0.15) is 6.61 Å². The summed E-state index contributed by atoms with van der Waals surface area (Å²) in [6.45, 7) is 12.3. The molecule has 1 rings (SSSR count). The summed E-state index contributed by atoms with van der Waals surface area (Å²) in [5.74, 6) is 0. The molecule has 0 aromatic carbocycles. The minimum Gasteiger partial charge on any atom is -0.447 e. The molecule has 1 aliphatic heterocycles. The summed E-state index contributed by atoms with van der Waals surface area (Å²) < 4.78 is 5.16. The molecular formula is C14H21NO2. The first-order valence-electron chi connectivity index (χ1n) is 6.00. The van der Waals surface area contributed by atoms with Crippen molar-refractivity contribution in [3.8, 4) is 0 Å². The second-order valence-electron chi connectivity index (χ2n) is 4.27. The molecule has 0 bridgehead atoms. The molecule has 3 nitrogen and oxygen atoms in total. The Balaban J connectivity index is 2.72. The van der Waals surface area contributed by atoms with Crippen LogP contribution in [0.25, 0.3) is 0 Å². The first-order valence-corrected chi connectivity index (χ1v) is 6.00. The molecule has 1 unspecified atom stereocenters. The van der Waals surface area contributed by atoms with Gasteiger partial charge in [-0.2, -0.15) is 0 Å². The van der Waals surface area contributed by atoms with Gasteiger partial charge in [-0.25, -0.2) is 4.79 Å². The van der Waals surface area contributed by atoms with E-state index in [0.717, 1.165) is 25.7 Å². The number of hydrogen-bond acceptors (Lipinski definition) is 2. The number of cyclic esters (lactones) is 1. The number of nitrogens with zero attached hydrogens (tertiary/aromatic N) is 1. The van der Waals surface area contributed by atoms with Crippen molar-refractivity contribution >= 4 is 6.09 Å². The van der Waals surface area contributed by atoms with Crippen LogP contribution in [0.5, 0.6) is 0 Å². The Morgan fingerprint density at radius 2 is 2.00 bits per heavy atom. The monoisotopic (exact) mass is 235 g/mol. The normalized spacial score (nSPS) is 23.3. The van der Waals surface area contributed by atoms with Crippen LogP contribution in [0.3, 0.4) is 0 Å². The lowest BCUT2D eigenvalue weighted by Gasteiger charge is -2.32. The van der Waals surface area contributed by atoms with E-state index in [1.165, 1.54) is 0 Å². The SMILES string of the molecule is C=CCCCC1(C=C)COC(=O)N1CCC=C. The number of hydrogen-bond donors (Lipinski definition) is 0. The molecule has 0 saturated carbocycles. The fraction of sp³-hybridized carbons (Fsp3) is 0.500. The maximum atomic E-state index is 11.7. The van der Waals surface area contributed by atoms with Gasteiger partial charge in [-0.05, 0) is 25.7 Å². The predicted molar refractivity (Wildman–Crippen MR) is 69.8 cm³/mol. The van der Waals surface area contributed by atoms with Crippen molar-refractivity contribution in [3.05, 3.63) is 38.0 Å². The third kappa shape index (κ3) is 2.99. The minimum absolute atomic E-state index is 0.245. The number of carbonyl (C=O) groups excluding carboxylic acids is 1. The van der Waals surface area contributed by atoms with Crippen molar-refractivity contribution in [2.75, 3.05) is 13.2 Å². The lowest BCUT2D eigenvalue weighted by molar-refractivity contribution is 0.155. The number of allylic oxidation sites excluding steroid dienone is 1. The third-order valence-electron chi connectivity index (χ3n) is 3.16. The van der Waals surface area contributed by atoms with Crippen molar-refractivity contribution in [1.29, 1.82) is 0 Å². The molecule has 94 valence electrons. The molecule has 1 fully saturated rings. The van der Waals surface area contributed by atoms with Crippen LogP contribution in [-0.4, -0.2) is 29.7 Å². The van der Waals surface area contributed by atoms with E-state index in [1.54, 1.807) is 4.90 Å². The van der Waals surface area contributed by atoms with E-state index in [1.807, 2.05) is 18.2 Å². The second kappa shape index (κ2) is 6.28. The summed E-state index contributed by atoms with van der Waals surface area (Å²) in [4.78, 5) is 13.5. The second-order valence-corrected chi connectivity index (χ2v) is 4.27. The van der Waals surface area contributed by atoms with Crippen LogP contribution in [0.1, 0.15) is 25.7 Å². The van der Waals surface area contributed by atoms with E-state index in [0.29, 0.717) is 13.2 Å². The van der Waals surface area contributed by atoms with Crippen LogP contribution in [0, 0.1) is 0 Å².